The van der Waals surface area contributed by atoms with Crippen LogP contribution in [0.5, 0.6) is 11.5 Å². The highest BCUT2D eigenvalue weighted by molar-refractivity contribution is 5.95. The molecule has 2 N–H and O–H groups in total. The Balaban J connectivity index is 1.63. The topological polar surface area (TPSA) is 103 Å². The van der Waals surface area contributed by atoms with Crippen LogP contribution in [0.2, 0.25) is 0 Å². The second-order valence-electron chi connectivity index (χ2n) is 6.74. The fourth-order valence-corrected chi connectivity index (χ4v) is 3.03. The van der Waals surface area contributed by atoms with Gasteiger partial charge < -0.3 is 19.5 Å². The Kier molecular flexibility index (Phi) is 8.58. The predicted molar refractivity (Wildman–Crippen MR) is 102 cm³/mol. The van der Waals surface area contributed by atoms with E-state index in [1.54, 1.807) is 24.3 Å². The maximum absolute atomic E-state index is 11.9. The highest BCUT2D eigenvalue weighted by Crippen LogP contribution is 2.23. The van der Waals surface area contributed by atoms with Crippen LogP contribution in [0.3, 0.4) is 0 Å². The summed E-state index contributed by atoms with van der Waals surface area (Å²) < 4.78 is 15.4. The fraction of sp³-hybridized carbons (Fsp3) is 0.550. The molecule has 8 heteroatoms. The zero-order valence-electron chi connectivity index (χ0n) is 16.4. The smallest absolute Gasteiger partial charge is 0.344 e. The molecule has 0 unspecified atom stereocenters. The Labute approximate surface area is 164 Å². The minimum Gasteiger partial charge on any atom is -0.494 e. The number of hydrogen-bond acceptors (Lipinski definition) is 6. The van der Waals surface area contributed by atoms with Crippen molar-refractivity contribution < 1.29 is 28.6 Å². The van der Waals surface area contributed by atoms with Gasteiger partial charge in [0.15, 0.2) is 13.2 Å². The number of hydrogen-bond donors (Lipinski definition) is 2. The van der Waals surface area contributed by atoms with E-state index in [9.17, 15) is 14.4 Å². The van der Waals surface area contributed by atoms with Crippen molar-refractivity contribution in [2.24, 2.45) is 5.92 Å². The highest BCUT2D eigenvalue weighted by Gasteiger charge is 2.23. The van der Waals surface area contributed by atoms with Gasteiger partial charge in [-0.3, -0.25) is 10.1 Å². The van der Waals surface area contributed by atoms with Crippen molar-refractivity contribution in [3.8, 4) is 11.5 Å². The normalized spacial score (nSPS) is 18.6. The molecule has 1 aromatic rings. The Hall–Kier alpha value is -2.77. The van der Waals surface area contributed by atoms with Gasteiger partial charge in [-0.2, -0.15) is 0 Å². The lowest BCUT2D eigenvalue weighted by Crippen LogP contribution is -2.48. The van der Waals surface area contributed by atoms with Gasteiger partial charge in [0.25, 0.3) is 5.91 Å². The van der Waals surface area contributed by atoms with Crippen LogP contribution in [0.4, 0.5) is 4.79 Å². The van der Waals surface area contributed by atoms with E-state index >= 15 is 0 Å². The Morgan fingerprint density at radius 2 is 1.64 bits per heavy atom. The number of ether oxygens (including phenoxy) is 3. The van der Waals surface area contributed by atoms with Crippen molar-refractivity contribution in [2.75, 3.05) is 19.8 Å². The summed E-state index contributed by atoms with van der Waals surface area (Å²) in [5.41, 5.74) is 0. The van der Waals surface area contributed by atoms with Crippen LogP contribution in [0, 0.1) is 5.92 Å². The van der Waals surface area contributed by atoms with E-state index in [1.807, 2.05) is 6.92 Å². The molecule has 0 saturated heterocycles. The second-order valence-corrected chi connectivity index (χ2v) is 6.74. The minimum absolute atomic E-state index is 0.0617. The molecule has 1 fully saturated rings. The van der Waals surface area contributed by atoms with Gasteiger partial charge in [0.1, 0.15) is 11.5 Å². The molecule has 28 heavy (non-hydrogen) atoms. The zero-order valence-corrected chi connectivity index (χ0v) is 16.4. The van der Waals surface area contributed by atoms with Crippen molar-refractivity contribution in [1.82, 2.24) is 10.6 Å². The van der Waals surface area contributed by atoms with Crippen LogP contribution in [0.25, 0.3) is 0 Å². The molecule has 2 atom stereocenters. The van der Waals surface area contributed by atoms with E-state index in [0.717, 1.165) is 25.7 Å². The van der Waals surface area contributed by atoms with Gasteiger partial charge in [0.2, 0.25) is 0 Å². The molecular weight excluding hydrogens is 364 g/mol. The number of carbonyl (C=O) groups excluding carboxylic acids is 3. The van der Waals surface area contributed by atoms with Gasteiger partial charge in [-0.15, -0.1) is 0 Å². The number of rotatable bonds is 8. The maximum Gasteiger partial charge on any atom is 0.344 e. The van der Waals surface area contributed by atoms with Gasteiger partial charge in [-0.1, -0.05) is 19.8 Å². The minimum atomic E-state index is -0.703. The summed E-state index contributed by atoms with van der Waals surface area (Å²) in [6.07, 6.45) is 4.19. The largest absolute Gasteiger partial charge is 0.494 e. The van der Waals surface area contributed by atoms with Gasteiger partial charge in [-0.25, -0.2) is 9.59 Å². The Morgan fingerprint density at radius 3 is 2.29 bits per heavy atom. The first kappa shape index (κ1) is 21.5. The quantitative estimate of drug-likeness (QED) is 0.659. The molecule has 1 aliphatic carbocycles. The number of carbonyl (C=O) groups is 3. The third-order valence-electron chi connectivity index (χ3n) is 4.54. The monoisotopic (exact) mass is 392 g/mol. The first-order valence-corrected chi connectivity index (χ1v) is 9.59. The molecule has 154 valence electrons. The van der Waals surface area contributed by atoms with Crippen molar-refractivity contribution in [2.45, 2.75) is 45.6 Å². The fourth-order valence-electron chi connectivity index (χ4n) is 3.03. The summed E-state index contributed by atoms with van der Waals surface area (Å²) in [4.78, 5) is 35.3. The molecule has 0 bridgehead atoms. The standard InChI is InChI=1S/C20H28N2O6/c1-3-26-15-8-10-16(11-9-15)27-13-19(24)28-12-18(23)22-20(25)21-17-7-5-4-6-14(17)2/h8-11,14,17H,3-7,12-13H2,1-2H3,(H2,21,22,23,25)/t14-,17+/m0/s1. The van der Waals surface area contributed by atoms with Crippen molar-refractivity contribution in [1.29, 1.82) is 0 Å². The summed E-state index contributed by atoms with van der Waals surface area (Å²) in [5, 5.41) is 4.98. The molecule has 0 aromatic heterocycles. The molecule has 3 amide bonds. The lowest BCUT2D eigenvalue weighted by Gasteiger charge is -2.29. The molecule has 1 saturated carbocycles. The van der Waals surface area contributed by atoms with Gasteiger partial charge in [0, 0.05) is 6.04 Å². The summed E-state index contributed by atoms with van der Waals surface area (Å²) >= 11 is 0. The summed E-state index contributed by atoms with van der Waals surface area (Å²) in [7, 11) is 0. The van der Waals surface area contributed by atoms with E-state index in [-0.39, 0.29) is 12.6 Å². The Morgan fingerprint density at radius 1 is 1.00 bits per heavy atom. The van der Waals surface area contributed by atoms with E-state index in [4.69, 9.17) is 14.2 Å². The average molecular weight is 392 g/mol. The van der Waals surface area contributed by atoms with Crippen LogP contribution in [0.1, 0.15) is 39.5 Å². The Bertz CT molecular complexity index is 661. The predicted octanol–water partition coefficient (Wildman–Crippen LogP) is 2.41. The molecule has 0 radical (unpaired) electrons. The zero-order chi connectivity index (χ0) is 20.4. The molecule has 0 heterocycles. The van der Waals surface area contributed by atoms with Gasteiger partial charge in [0.05, 0.1) is 6.61 Å². The maximum atomic E-state index is 11.9. The molecule has 8 nitrogen and oxygen atoms in total. The summed E-state index contributed by atoms with van der Waals surface area (Å²) in [5.74, 6) is 0.175. The highest BCUT2D eigenvalue weighted by atomic mass is 16.6. The van der Waals surface area contributed by atoms with Crippen LogP contribution < -0.4 is 20.1 Å². The van der Waals surface area contributed by atoms with E-state index in [0.29, 0.717) is 24.0 Å². The van der Waals surface area contributed by atoms with Crippen molar-refractivity contribution in [3.63, 3.8) is 0 Å². The second kappa shape index (κ2) is 11.2. The number of urea groups is 1. The van der Waals surface area contributed by atoms with E-state index < -0.39 is 24.5 Å². The number of imide groups is 1. The lowest BCUT2D eigenvalue weighted by atomic mass is 9.86. The van der Waals surface area contributed by atoms with E-state index in [1.165, 1.54) is 0 Å². The third-order valence-corrected chi connectivity index (χ3v) is 4.54. The number of amides is 3. The van der Waals surface area contributed by atoms with Crippen LogP contribution >= 0.6 is 0 Å². The third kappa shape index (κ3) is 7.46. The van der Waals surface area contributed by atoms with Gasteiger partial charge in [-0.05, 0) is 49.9 Å². The summed E-state index contributed by atoms with van der Waals surface area (Å²) in [6, 6.07) is 6.28. The summed E-state index contributed by atoms with van der Waals surface area (Å²) in [6.45, 7) is 3.65. The first-order chi connectivity index (χ1) is 13.5. The SMILES string of the molecule is CCOc1ccc(OCC(=O)OCC(=O)NC(=O)N[C@@H]2CCCC[C@@H]2C)cc1. The molecule has 0 spiro atoms. The molecule has 1 aromatic carbocycles. The van der Waals surface area contributed by atoms with Crippen molar-refractivity contribution in [3.05, 3.63) is 24.3 Å². The van der Waals surface area contributed by atoms with Gasteiger partial charge >= 0.3 is 12.0 Å². The number of nitrogens with one attached hydrogen (secondary N) is 2. The molecule has 0 aliphatic heterocycles. The van der Waals surface area contributed by atoms with Crippen LogP contribution in [0.15, 0.2) is 24.3 Å². The first-order valence-electron chi connectivity index (χ1n) is 9.59. The lowest BCUT2D eigenvalue weighted by molar-refractivity contribution is -0.150. The molecular formula is C20H28N2O6. The van der Waals surface area contributed by atoms with Crippen LogP contribution in [-0.2, 0) is 14.3 Å². The van der Waals surface area contributed by atoms with E-state index in [2.05, 4.69) is 17.6 Å². The van der Waals surface area contributed by atoms with Crippen LogP contribution in [-0.4, -0.2) is 43.8 Å². The number of esters is 1. The number of benzene rings is 1. The molecule has 1 aliphatic rings. The average Bonchev–Trinajstić information content (AvgIpc) is 2.68. The molecule has 2 rings (SSSR count). The van der Waals surface area contributed by atoms with Crippen molar-refractivity contribution >= 4 is 17.9 Å².